The summed E-state index contributed by atoms with van der Waals surface area (Å²) in [5, 5.41) is 4.10. The van der Waals surface area contributed by atoms with Crippen molar-refractivity contribution in [1.82, 2.24) is 24.9 Å². The molecule has 0 spiro atoms. The number of likely N-dealkylation sites (N-methyl/N-ethyl adjacent to an activating group) is 1. The summed E-state index contributed by atoms with van der Waals surface area (Å²) >= 11 is 0. The molecule has 2 fully saturated rings. The molecular weight excluding hydrogens is 318 g/mol. The van der Waals surface area contributed by atoms with Gasteiger partial charge >= 0.3 is 0 Å². The molecule has 3 heterocycles. The van der Waals surface area contributed by atoms with E-state index in [9.17, 15) is 0 Å². The minimum absolute atomic E-state index is 0.378. The first-order valence-corrected chi connectivity index (χ1v) is 9.28. The number of hydrogen-bond acceptors (Lipinski definition) is 7. The van der Waals surface area contributed by atoms with E-state index in [0.717, 1.165) is 56.0 Å². The molecule has 1 aliphatic heterocycles. The van der Waals surface area contributed by atoms with E-state index in [1.807, 2.05) is 6.20 Å². The van der Waals surface area contributed by atoms with Gasteiger partial charge < -0.3 is 8.94 Å². The van der Waals surface area contributed by atoms with Crippen LogP contribution in [-0.4, -0.2) is 51.1 Å². The maximum absolute atomic E-state index is 5.83. The fourth-order valence-corrected chi connectivity index (χ4v) is 3.35. The predicted octanol–water partition coefficient (Wildman–Crippen LogP) is 2.76. The Balaban J connectivity index is 1.28. The molecule has 25 heavy (non-hydrogen) atoms. The molecule has 2 aromatic rings. The predicted molar refractivity (Wildman–Crippen MR) is 92.0 cm³/mol. The fraction of sp³-hybridized carbons (Fsp3) is 0.722. The van der Waals surface area contributed by atoms with Gasteiger partial charge in [0.1, 0.15) is 5.76 Å². The first-order chi connectivity index (χ1) is 12.1. The number of oxazole rings is 1. The van der Waals surface area contributed by atoms with E-state index in [1.165, 1.54) is 12.8 Å². The summed E-state index contributed by atoms with van der Waals surface area (Å²) in [6.07, 6.45) is 5.39. The summed E-state index contributed by atoms with van der Waals surface area (Å²) in [6.45, 7) is 7.80. The summed E-state index contributed by atoms with van der Waals surface area (Å²) < 4.78 is 11.2. The zero-order chi connectivity index (χ0) is 17.4. The van der Waals surface area contributed by atoms with Gasteiger partial charge in [-0.25, -0.2) is 4.98 Å². The van der Waals surface area contributed by atoms with Crippen LogP contribution in [0.2, 0.25) is 0 Å². The highest BCUT2D eigenvalue weighted by atomic mass is 16.5. The highest BCUT2D eigenvalue weighted by molar-refractivity contribution is 5.03. The highest BCUT2D eigenvalue weighted by Gasteiger charge is 2.31. The van der Waals surface area contributed by atoms with Crippen molar-refractivity contribution < 1.29 is 8.94 Å². The molecule has 1 unspecified atom stereocenters. The third-order valence-corrected chi connectivity index (χ3v) is 5.18. The zero-order valence-corrected chi connectivity index (χ0v) is 15.3. The van der Waals surface area contributed by atoms with Crippen LogP contribution in [0.4, 0.5) is 0 Å². The Labute approximate surface area is 148 Å². The molecule has 2 aliphatic rings. The average Bonchev–Trinajstić information content (AvgIpc) is 3.01. The van der Waals surface area contributed by atoms with E-state index in [0.29, 0.717) is 17.9 Å². The van der Waals surface area contributed by atoms with E-state index in [2.05, 4.69) is 45.8 Å². The Bertz CT molecular complexity index is 706. The van der Waals surface area contributed by atoms with Crippen molar-refractivity contribution in [3.63, 3.8) is 0 Å². The molecule has 1 saturated heterocycles. The van der Waals surface area contributed by atoms with Crippen LogP contribution in [0.3, 0.4) is 0 Å². The molecule has 7 nitrogen and oxygen atoms in total. The van der Waals surface area contributed by atoms with Crippen molar-refractivity contribution in [3.8, 4) is 0 Å². The number of rotatable bonds is 7. The third-order valence-electron chi connectivity index (χ3n) is 5.18. The lowest BCUT2D eigenvalue weighted by atomic mass is 10.2. The molecule has 1 aliphatic carbocycles. The second kappa shape index (κ2) is 6.88. The van der Waals surface area contributed by atoms with Crippen molar-refractivity contribution in [1.29, 1.82) is 0 Å². The Morgan fingerprint density at radius 2 is 2.12 bits per heavy atom. The van der Waals surface area contributed by atoms with Gasteiger partial charge in [0.15, 0.2) is 5.82 Å². The third kappa shape index (κ3) is 3.93. The van der Waals surface area contributed by atoms with Crippen LogP contribution in [0.15, 0.2) is 15.1 Å². The van der Waals surface area contributed by atoms with Crippen LogP contribution in [0.1, 0.15) is 68.3 Å². The number of aromatic nitrogens is 3. The zero-order valence-electron chi connectivity index (χ0n) is 15.3. The van der Waals surface area contributed by atoms with E-state index in [-0.39, 0.29) is 0 Å². The molecule has 2 aromatic heterocycles. The fourth-order valence-electron chi connectivity index (χ4n) is 3.35. The molecule has 7 heteroatoms. The van der Waals surface area contributed by atoms with Crippen LogP contribution in [-0.2, 0) is 13.1 Å². The van der Waals surface area contributed by atoms with E-state index >= 15 is 0 Å². The van der Waals surface area contributed by atoms with Crippen LogP contribution in [0.25, 0.3) is 0 Å². The molecule has 0 radical (unpaired) electrons. The summed E-state index contributed by atoms with van der Waals surface area (Å²) in [5.74, 6) is 4.33. The maximum atomic E-state index is 5.83. The van der Waals surface area contributed by atoms with Crippen LogP contribution < -0.4 is 0 Å². The second-order valence-electron chi connectivity index (χ2n) is 7.72. The van der Waals surface area contributed by atoms with E-state index < -0.39 is 0 Å². The quantitative estimate of drug-likeness (QED) is 0.764. The minimum atomic E-state index is 0.378. The van der Waals surface area contributed by atoms with Gasteiger partial charge in [0, 0.05) is 31.0 Å². The Morgan fingerprint density at radius 1 is 1.28 bits per heavy atom. The Kier molecular flexibility index (Phi) is 4.60. The maximum Gasteiger partial charge on any atom is 0.240 e. The first kappa shape index (κ1) is 16.7. The SMILES string of the molecule is CC(C)c1cnc(CN(C)C2CCN(Cc3nc(C4CC4)no3)C2)o1. The molecule has 0 N–H and O–H groups in total. The number of likely N-dealkylation sites (tertiary alicyclic amines) is 1. The van der Waals surface area contributed by atoms with Gasteiger partial charge in [0.2, 0.25) is 11.8 Å². The van der Waals surface area contributed by atoms with Crippen molar-refractivity contribution >= 4 is 0 Å². The topological polar surface area (TPSA) is 71.4 Å². The second-order valence-corrected chi connectivity index (χ2v) is 7.72. The average molecular weight is 345 g/mol. The van der Waals surface area contributed by atoms with Gasteiger partial charge in [-0.15, -0.1) is 0 Å². The van der Waals surface area contributed by atoms with Crippen molar-refractivity contribution in [2.75, 3.05) is 20.1 Å². The molecule has 1 saturated carbocycles. The summed E-state index contributed by atoms with van der Waals surface area (Å²) in [6, 6.07) is 0.500. The Hall–Kier alpha value is -1.73. The lowest BCUT2D eigenvalue weighted by Gasteiger charge is -2.23. The molecular formula is C18H27N5O2. The number of hydrogen-bond donors (Lipinski definition) is 0. The standard InChI is InChI=1S/C18H27N5O2/c1-12(2)15-8-19-16(24-15)10-22(3)14-6-7-23(9-14)11-17-20-18(21-25-17)13-4-5-13/h8,12-14H,4-7,9-11H2,1-3H3. The van der Waals surface area contributed by atoms with Crippen LogP contribution >= 0.6 is 0 Å². The molecule has 0 aromatic carbocycles. The molecule has 0 amide bonds. The van der Waals surface area contributed by atoms with Gasteiger partial charge in [-0.3, -0.25) is 9.80 Å². The van der Waals surface area contributed by atoms with Gasteiger partial charge in [-0.2, -0.15) is 4.98 Å². The summed E-state index contributed by atoms with van der Waals surface area (Å²) in [7, 11) is 2.14. The largest absolute Gasteiger partial charge is 0.444 e. The van der Waals surface area contributed by atoms with Gasteiger partial charge in [-0.05, 0) is 26.3 Å². The summed E-state index contributed by atoms with van der Waals surface area (Å²) in [4.78, 5) is 13.7. The molecule has 1 atom stereocenters. The van der Waals surface area contributed by atoms with Gasteiger partial charge in [0.05, 0.1) is 19.3 Å². The molecule has 136 valence electrons. The van der Waals surface area contributed by atoms with Crippen LogP contribution in [0.5, 0.6) is 0 Å². The number of nitrogens with zero attached hydrogens (tertiary/aromatic N) is 5. The highest BCUT2D eigenvalue weighted by Crippen LogP contribution is 2.38. The van der Waals surface area contributed by atoms with Crippen LogP contribution in [0, 0.1) is 0 Å². The normalized spacial score (nSPS) is 21.7. The van der Waals surface area contributed by atoms with Gasteiger partial charge in [0.25, 0.3) is 0 Å². The minimum Gasteiger partial charge on any atom is -0.444 e. The first-order valence-electron chi connectivity index (χ1n) is 9.28. The van der Waals surface area contributed by atoms with E-state index in [1.54, 1.807) is 0 Å². The molecule has 4 rings (SSSR count). The summed E-state index contributed by atoms with van der Waals surface area (Å²) in [5.41, 5.74) is 0. The van der Waals surface area contributed by atoms with Crippen molar-refractivity contribution in [2.45, 2.75) is 64.1 Å². The Morgan fingerprint density at radius 3 is 2.84 bits per heavy atom. The molecule has 0 bridgehead atoms. The lowest BCUT2D eigenvalue weighted by Crippen LogP contribution is -2.34. The van der Waals surface area contributed by atoms with E-state index in [4.69, 9.17) is 8.94 Å². The smallest absolute Gasteiger partial charge is 0.240 e. The monoisotopic (exact) mass is 345 g/mol. The van der Waals surface area contributed by atoms with Crippen molar-refractivity contribution in [2.24, 2.45) is 0 Å². The van der Waals surface area contributed by atoms with Crippen molar-refractivity contribution in [3.05, 3.63) is 29.6 Å². The van der Waals surface area contributed by atoms with Gasteiger partial charge in [-0.1, -0.05) is 19.0 Å². The lowest BCUT2D eigenvalue weighted by molar-refractivity contribution is 0.196.